The highest BCUT2D eigenvalue weighted by Gasteiger charge is 2.10. The molecule has 128 valence electrons. The number of methoxy groups -OCH3 is 2. The van der Waals surface area contributed by atoms with Crippen molar-refractivity contribution in [2.24, 2.45) is 0 Å². The number of benzene rings is 2. The first-order valence-electron chi connectivity index (χ1n) is 7.63. The second kappa shape index (κ2) is 7.81. The van der Waals surface area contributed by atoms with Gasteiger partial charge in [0, 0.05) is 17.8 Å². The molecule has 3 rings (SSSR count). The Bertz CT molecular complexity index is 868. The van der Waals surface area contributed by atoms with Crippen molar-refractivity contribution in [3.8, 4) is 22.6 Å². The van der Waals surface area contributed by atoms with Gasteiger partial charge in [0.25, 0.3) is 0 Å². The molecular weight excluding hydrogens is 336 g/mol. The molecule has 1 aromatic heterocycles. The number of nitrogens with one attached hydrogen (secondary N) is 1. The zero-order valence-electron chi connectivity index (χ0n) is 13.9. The van der Waals surface area contributed by atoms with Crippen LogP contribution in [0.2, 0.25) is 0 Å². The van der Waals surface area contributed by atoms with Crippen LogP contribution in [0.3, 0.4) is 0 Å². The maximum absolute atomic E-state index is 12.5. The molecular formula is C19H18N2O3S. The molecule has 5 nitrogen and oxygen atoms in total. The number of pyridine rings is 1. The summed E-state index contributed by atoms with van der Waals surface area (Å²) in [6.07, 6.45) is 1.75. The molecule has 3 aromatic rings. The summed E-state index contributed by atoms with van der Waals surface area (Å²) in [6.45, 7) is 0. The standard InChI is InChI=1S/C19H18N2O3S/c1-23-17-10-9-16(12-18(17)24-2)25(22)21-19-11-8-15(13-20-19)14-6-4-3-5-7-14/h3-13H,1-2H3,(H,20,21). The highest BCUT2D eigenvalue weighted by molar-refractivity contribution is 7.86. The molecule has 0 saturated carbocycles. The fraction of sp³-hybridized carbons (Fsp3) is 0.105. The van der Waals surface area contributed by atoms with Crippen LogP contribution >= 0.6 is 0 Å². The molecule has 1 atom stereocenters. The molecule has 0 amide bonds. The minimum Gasteiger partial charge on any atom is -0.493 e. The van der Waals surface area contributed by atoms with Crippen LogP contribution < -0.4 is 14.2 Å². The van der Waals surface area contributed by atoms with Crippen LogP contribution in [-0.2, 0) is 11.0 Å². The number of aromatic nitrogens is 1. The molecule has 0 fully saturated rings. The number of ether oxygens (including phenoxy) is 2. The van der Waals surface area contributed by atoms with Crippen LogP contribution in [0.5, 0.6) is 11.5 Å². The smallest absolute Gasteiger partial charge is 0.161 e. The van der Waals surface area contributed by atoms with Crippen molar-refractivity contribution >= 4 is 16.8 Å². The zero-order valence-corrected chi connectivity index (χ0v) is 14.7. The number of hydrogen-bond donors (Lipinski definition) is 1. The zero-order chi connectivity index (χ0) is 17.6. The van der Waals surface area contributed by atoms with Crippen LogP contribution in [0.15, 0.2) is 71.8 Å². The van der Waals surface area contributed by atoms with Crippen LogP contribution in [0, 0.1) is 0 Å². The van der Waals surface area contributed by atoms with E-state index in [1.165, 1.54) is 0 Å². The lowest BCUT2D eigenvalue weighted by molar-refractivity contribution is 0.354. The van der Waals surface area contributed by atoms with Gasteiger partial charge in [0.1, 0.15) is 5.82 Å². The van der Waals surface area contributed by atoms with Gasteiger partial charge in [-0.15, -0.1) is 0 Å². The largest absolute Gasteiger partial charge is 0.493 e. The fourth-order valence-electron chi connectivity index (χ4n) is 2.34. The summed E-state index contributed by atoms with van der Waals surface area (Å²) >= 11 is 0. The van der Waals surface area contributed by atoms with E-state index >= 15 is 0 Å². The van der Waals surface area contributed by atoms with E-state index in [-0.39, 0.29) is 0 Å². The molecule has 1 unspecified atom stereocenters. The molecule has 1 N–H and O–H groups in total. The highest BCUT2D eigenvalue weighted by Crippen LogP contribution is 2.29. The van der Waals surface area contributed by atoms with Crippen LogP contribution in [0.4, 0.5) is 5.82 Å². The van der Waals surface area contributed by atoms with E-state index in [4.69, 9.17) is 9.47 Å². The summed E-state index contributed by atoms with van der Waals surface area (Å²) < 4.78 is 25.8. The minimum atomic E-state index is -1.46. The van der Waals surface area contributed by atoms with E-state index in [1.54, 1.807) is 44.7 Å². The van der Waals surface area contributed by atoms with Crippen LogP contribution in [0.1, 0.15) is 0 Å². The molecule has 25 heavy (non-hydrogen) atoms. The maximum Gasteiger partial charge on any atom is 0.161 e. The Balaban J connectivity index is 1.75. The van der Waals surface area contributed by atoms with Gasteiger partial charge in [0.05, 0.1) is 19.1 Å². The van der Waals surface area contributed by atoms with Crippen LogP contribution in [0.25, 0.3) is 11.1 Å². The fourth-order valence-corrected chi connectivity index (χ4v) is 3.18. The van der Waals surface area contributed by atoms with Crippen molar-refractivity contribution in [2.45, 2.75) is 4.90 Å². The third-order valence-electron chi connectivity index (χ3n) is 3.64. The average Bonchev–Trinajstić information content (AvgIpc) is 2.68. The lowest BCUT2D eigenvalue weighted by Gasteiger charge is -2.10. The predicted molar refractivity (Wildman–Crippen MR) is 99.3 cm³/mol. The van der Waals surface area contributed by atoms with Gasteiger partial charge < -0.3 is 9.47 Å². The van der Waals surface area contributed by atoms with Gasteiger partial charge in [-0.1, -0.05) is 30.3 Å². The Hall–Kier alpha value is -2.86. The summed E-state index contributed by atoms with van der Waals surface area (Å²) in [6, 6.07) is 18.8. The summed E-state index contributed by atoms with van der Waals surface area (Å²) in [5, 5.41) is 0. The van der Waals surface area contributed by atoms with Gasteiger partial charge in [-0.25, -0.2) is 9.19 Å². The maximum atomic E-state index is 12.5. The molecule has 6 heteroatoms. The van der Waals surface area contributed by atoms with Crippen molar-refractivity contribution in [2.75, 3.05) is 18.9 Å². The third kappa shape index (κ3) is 3.97. The normalized spacial score (nSPS) is 11.6. The van der Waals surface area contributed by atoms with E-state index < -0.39 is 11.0 Å². The van der Waals surface area contributed by atoms with Gasteiger partial charge in [0.2, 0.25) is 0 Å². The Morgan fingerprint density at radius 2 is 1.64 bits per heavy atom. The topological polar surface area (TPSA) is 60.5 Å². The number of hydrogen-bond acceptors (Lipinski definition) is 4. The summed E-state index contributed by atoms with van der Waals surface area (Å²) in [5.74, 6) is 1.66. The van der Waals surface area contributed by atoms with Crippen molar-refractivity contribution in [3.05, 3.63) is 66.9 Å². The van der Waals surface area contributed by atoms with Gasteiger partial charge in [-0.3, -0.25) is 4.72 Å². The second-order valence-corrected chi connectivity index (χ2v) is 6.40. The molecule has 0 saturated heterocycles. The Kier molecular flexibility index (Phi) is 5.30. The number of nitrogens with zero attached hydrogens (tertiary/aromatic N) is 1. The van der Waals surface area contributed by atoms with E-state index in [0.717, 1.165) is 11.1 Å². The predicted octanol–water partition coefficient (Wildman–Crippen LogP) is 3.90. The Morgan fingerprint density at radius 1 is 0.880 bits per heavy atom. The molecule has 0 bridgehead atoms. The Labute approximate surface area is 149 Å². The molecule has 0 radical (unpaired) electrons. The monoisotopic (exact) mass is 354 g/mol. The number of rotatable bonds is 6. The summed E-state index contributed by atoms with van der Waals surface area (Å²) in [4.78, 5) is 4.91. The second-order valence-electron chi connectivity index (χ2n) is 5.19. The molecule has 0 spiro atoms. The summed E-state index contributed by atoms with van der Waals surface area (Å²) in [7, 11) is 1.65. The van der Waals surface area contributed by atoms with Gasteiger partial charge in [-0.05, 0) is 29.8 Å². The highest BCUT2D eigenvalue weighted by atomic mass is 32.2. The van der Waals surface area contributed by atoms with E-state index in [2.05, 4.69) is 9.71 Å². The number of anilines is 1. The lowest BCUT2D eigenvalue weighted by atomic mass is 10.1. The molecule has 2 aromatic carbocycles. The quantitative estimate of drug-likeness (QED) is 0.729. The van der Waals surface area contributed by atoms with E-state index in [9.17, 15) is 4.21 Å². The van der Waals surface area contributed by atoms with Gasteiger partial charge in [-0.2, -0.15) is 0 Å². The summed E-state index contributed by atoms with van der Waals surface area (Å²) in [5.41, 5.74) is 2.09. The third-order valence-corrected chi connectivity index (χ3v) is 4.71. The van der Waals surface area contributed by atoms with E-state index in [1.807, 2.05) is 36.4 Å². The van der Waals surface area contributed by atoms with Crippen LogP contribution in [-0.4, -0.2) is 23.4 Å². The van der Waals surface area contributed by atoms with Crippen molar-refractivity contribution < 1.29 is 13.7 Å². The first-order chi connectivity index (χ1) is 12.2. The lowest BCUT2D eigenvalue weighted by Crippen LogP contribution is -2.06. The minimum absolute atomic E-state index is 0.530. The Morgan fingerprint density at radius 3 is 2.28 bits per heavy atom. The first kappa shape index (κ1) is 17.0. The van der Waals surface area contributed by atoms with Gasteiger partial charge >= 0.3 is 0 Å². The average molecular weight is 354 g/mol. The first-order valence-corrected chi connectivity index (χ1v) is 8.78. The molecule has 0 aliphatic heterocycles. The van der Waals surface area contributed by atoms with E-state index in [0.29, 0.717) is 22.2 Å². The molecule has 0 aliphatic carbocycles. The SMILES string of the molecule is COc1ccc(S(=O)Nc2ccc(-c3ccccc3)cn2)cc1OC. The molecule has 1 heterocycles. The van der Waals surface area contributed by atoms with Crippen molar-refractivity contribution in [1.82, 2.24) is 4.98 Å². The van der Waals surface area contributed by atoms with Crippen molar-refractivity contribution in [1.29, 1.82) is 0 Å². The van der Waals surface area contributed by atoms with Crippen molar-refractivity contribution in [3.63, 3.8) is 0 Å². The molecule has 0 aliphatic rings. The van der Waals surface area contributed by atoms with Gasteiger partial charge in [0.15, 0.2) is 22.5 Å².